The number of benzene rings is 9. The zero-order chi connectivity index (χ0) is 30.2. The molecule has 0 radical (unpaired) electrons. The van der Waals surface area contributed by atoms with Crippen LogP contribution in [0.3, 0.4) is 0 Å². The van der Waals surface area contributed by atoms with Crippen molar-refractivity contribution in [3.63, 3.8) is 0 Å². The van der Waals surface area contributed by atoms with Gasteiger partial charge in [-0.3, -0.25) is 0 Å². The molecule has 212 valence electrons. The van der Waals surface area contributed by atoms with Gasteiger partial charge in [-0.1, -0.05) is 146 Å². The molecule has 0 heterocycles. The molecule has 46 heavy (non-hydrogen) atoms. The van der Waals surface area contributed by atoms with E-state index >= 15 is 0 Å². The van der Waals surface area contributed by atoms with Crippen molar-refractivity contribution in [2.75, 3.05) is 0 Å². The van der Waals surface area contributed by atoms with Crippen LogP contribution in [0.2, 0.25) is 0 Å². The summed E-state index contributed by atoms with van der Waals surface area (Å²) in [6.07, 6.45) is 0. The number of fused-ring (bicyclic) bond motifs is 7. The Kier molecular flexibility index (Phi) is 5.38. The molecule has 10 rings (SSSR count). The first-order chi connectivity index (χ1) is 22.8. The van der Waals surface area contributed by atoms with Crippen molar-refractivity contribution >= 4 is 43.1 Å². The van der Waals surface area contributed by atoms with E-state index in [2.05, 4.69) is 170 Å². The summed E-state index contributed by atoms with van der Waals surface area (Å²) in [7, 11) is 0. The second-order valence-corrected chi connectivity index (χ2v) is 12.5. The maximum atomic E-state index is 2.36. The molecule has 0 aromatic heterocycles. The van der Waals surface area contributed by atoms with E-state index in [4.69, 9.17) is 0 Å². The number of rotatable bonds is 3. The highest BCUT2D eigenvalue weighted by molar-refractivity contribution is 6.19. The van der Waals surface area contributed by atoms with Crippen LogP contribution in [-0.4, -0.2) is 0 Å². The van der Waals surface area contributed by atoms with Crippen LogP contribution in [0.5, 0.6) is 0 Å². The number of hydrogen-bond acceptors (Lipinski definition) is 0. The van der Waals surface area contributed by atoms with Crippen LogP contribution in [0.4, 0.5) is 0 Å². The van der Waals surface area contributed by atoms with E-state index in [9.17, 15) is 0 Å². The molecule has 0 saturated carbocycles. The van der Waals surface area contributed by atoms with Gasteiger partial charge in [0.2, 0.25) is 0 Å². The fraction of sp³-hybridized carbons (Fsp3) is 0. The summed E-state index contributed by atoms with van der Waals surface area (Å²) in [5, 5.41) is 10.3. The molecule has 1 aliphatic rings. The van der Waals surface area contributed by atoms with E-state index in [0.717, 1.165) is 0 Å². The van der Waals surface area contributed by atoms with E-state index in [1.54, 1.807) is 0 Å². The van der Waals surface area contributed by atoms with Crippen LogP contribution in [0.1, 0.15) is 0 Å². The molecule has 0 unspecified atom stereocenters. The molecule has 9 aromatic rings. The molecule has 0 heteroatoms. The van der Waals surface area contributed by atoms with Gasteiger partial charge in [-0.25, -0.2) is 0 Å². The highest BCUT2D eigenvalue weighted by Crippen LogP contribution is 2.49. The predicted molar refractivity (Wildman–Crippen MR) is 197 cm³/mol. The summed E-state index contributed by atoms with van der Waals surface area (Å²) >= 11 is 0. The summed E-state index contributed by atoms with van der Waals surface area (Å²) in [6, 6.07) is 62.8. The molecule has 0 atom stereocenters. The Morgan fingerprint density at radius 1 is 0.217 bits per heavy atom. The molecular formula is C46H28. The van der Waals surface area contributed by atoms with Crippen molar-refractivity contribution in [2.45, 2.75) is 0 Å². The summed E-state index contributed by atoms with van der Waals surface area (Å²) in [4.78, 5) is 0. The standard InChI is InChI=1S/C46H28/c1-2-12-36-33(9-1)28-45(41-16-6-3-13-38(36)41)34-22-20-29-19-21-31(26-35(29)27-34)30-10-7-11-32(25-30)37-23-24-44-40-15-5-4-14-39(40)43-18-8-17-42(37)46(43)44/h1-28H. The summed E-state index contributed by atoms with van der Waals surface area (Å²) < 4.78 is 0. The second-order valence-electron chi connectivity index (χ2n) is 12.5. The summed E-state index contributed by atoms with van der Waals surface area (Å²) in [6.45, 7) is 0. The molecule has 0 saturated heterocycles. The van der Waals surface area contributed by atoms with Crippen LogP contribution in [-0.2, 0) is 0 Å². The lowest BCUT2D eigenvalue weighted by atomic mass is 9.91. The third-order valence-electron chi connectivity index (χ3n) is 9.97. The SMILES string of the molecule is c1cc(-c2ccc3ccc(-c4cc5ccccc5c5ccccc45)cc3c2)cc(-c2ccc3c4c(cccc24)-c2ccccc2-3)c1. The maximum Gasteiger partial charge on any atom is -0.00201 e. The molecule has 0 bridgehead atoms. The largest absolute Gasteiger partial charge is 0.0616 e. The minimum Gasteiger partial charge on any atom is -0.0616 e. The van der Waals surface area contributed by atoms with Crippen molar-refractivity contribution in [2.24, 2.45) is 0 Å². The first kappa shape index (κ1) is 25.4. The van der Waals surface area contributed by atoms with E-state index in [-0.39, 0.29) is 0 Å². The van der Waals surface area contributed by atoms with Crippen molar-refractivity contribution in [1.82, 2.24) is 0 Å². The van der Waals surface area contributed by atoms with Crippen LogP contribution in [0, 0.1) is 0 Å². The lowest BCUT2D eigenvalue weighted by Crippen LogP contribution is -1.86. The lowest BCUT2D eigenvalue weighted by molar-refractivity contribution is 1.62. The van der Waals surface area contributed by atoms with E-state index in [1.807, 2.05) is 0 Å². The van der Waals surface area contributed by atoms with Crippen molar-refractivity contribution in [1.29, 1.82) is 0 Å². The van der Waals surface area contributed by atoms with E-state index in [0.29, 0.717) is 0 Å². The Labute approximate surface area is 267 Å². The summed E-state index contributed by atoms with van der Waals surface area (Å²) in [5.41, 5.74) is 12.8. The average Bonchev–Trinajstić information content (AvgIpc) is 3.46. The molecule has 0 nitrogen and oxygen atoms in total. The van der Waals surface area contributed by atoms with Gasteiger partial charge in [-0.05, 0) is 123 Å². The molecule has 9 aromatic carbocycles. The van der Waals surface area contributed by atoms with Gasteiger partial charge in [0, 0.05) is 0 Å². The maximum absolute atomic E-state index is 2.36. The van der Waals surface area contributed by atoms with Gasteiger partial charge in [-0.15, -0.1) is 0 Å². The third kappa shape index (κ3) is 3.74. The second kappa shape index (κ2) is 9.76. The topological polar surface area (TPSA) is 0 Å². The Bertz CT molecular complexity index is 2660. The van der Waals surface area contributed by atoms with Gasteiger partial charge in [0.05, 0.1) is 0 Å². The molecule has 0 spiro atoms. The molecule has 1 aliphatic carbocycles. The Morgan fingerprint density at radius 2 is 0.783 bits per heavy atom. The Morgan fingerprint density at radius 3 is 1.65 bits per heavy atom. The zero-order valence-corrected chi connectivity index (χ0v) is 25.2. The average molecular weight is 581 g/mol. The minimum absolute atomic E-state index is 1.23. The van der Waals surface area contributed by atoms with Crippen molar-refractivity contribution in [3.8, 4) is 55.6 Å². The van der Waals surface area contributed by atoms with Crippen LogP contribution < -0.4 is 0 Å². The normalized spacial score (nSPS) is 11.9. The van der Waals surface area contributed by atoms with Crippen LogP contribution in [0.15, 0.2) is 170 Å². The first-order valence-electron chi connectivity index (χ1n) is 16.0. The molecular weight excluding hydrogens is 553 g/mol. The predicted octanol–water partition coefficient (Wildman–Crippen LogP) is 12.9. The first-order valence-corrected chi connectivity index (χ1v) is 16.0. The molecule has 0 N–H and O–H groups in total. The van der Waals surface area contributed by atoms with Crippen LogP contribution in [0.25, 0.3) is 98.7 Å². The fourth-order valence-corrected chi connectivity index (χ4v) is 7.81. The van der Waals surface area contributed by atoms with Gasteiger partial charge in [0.1, 0.15) is 0 Å². The smallest absolute Gasteiger partial charge is 0.00201 e. The molecule has 0 amide bonds. The summed E-state index contributed by atoms with van der Waals surface area (Å²) in [5.74, 6) is 0. The van der Waals surface area contributed by atoms with E-state index in [1.165, 1.54) is 98.7 Å². The van der Waals surface area contributed by atoms with Crippen LogP contribution >= 0.6 is 0 Å². The Hall–Kier alpha value is -5.98. The lowest BCUT2D eigenvalue weighted by Gasteiger charge is -2.13. The van der Waals surface area contributed by atoms with Gasteiger partial charge >= 0.3 is 0 Å². The highest BCUT2D eigenvalue weighted by Gasteiger charge is 2.22. The molecule has 0 fully saturated rings. The monoisotopic (exact) mass is 580 g/mol. The quantitative estimate of drug-likeness (QED) is 0.182. The minimum atomic E-state index is 1.23. The molecule has 0 aliphatic heterocycles. The number of hydrogen-bond donors (Lipinski definition) is 0. The Balaban J connectivity index is 1.09. The van der Waals surface area contributed by atoms with Gasteiger partial charge in [0.15, 0.2) is 0 Å². The van der Waals surface area contributed by atoms with Gasteiger partial charge < -0.3 is 0 Å². The van der Waals surface area contributed by atoms with E-state index < -0.39 is 0 Å². The third-order valence-corrected chi connectivity index (χ3v) is 9.97. The van der Waals surface area contributed by atoms with Crippen molar-refractivity contribution < 1.29 is 0 Å². The fourth-order valence-electron chi connectivity index (χ4n) is 7.81. The van der Waals surface area contributed by atoms with Crippen molar-refractivity contribution in [3.05, 3.63) is 170 Å². The van der Waals surface area contributed by atoms with Gasteiger partial charge in [0.25, 0.3) is 0 Å². The van der Waals surface area contributed by atoms with Gasteiger partial charge in [-0.2, -0.15) is 0 Å². The highest BCUT2D eigenvalue weighted by atomic mass is 14.2. The zero-order valence-electron chi connectivity index (χ0n) is 25.2.